The molecule has 10 heteroatoms. The molecule has 2 amide bonds. The highest BCUT2D eigenvalue weighted by Crippen LogP contribution is 2.47. The average Bonchev–Trinajstić information content (AvgIpc) is 3.81. The molecule has 3 heterocycles. The Hall–Kier alpha value is -6.42. The summed E-state index contributed by atoms with van der Waals surface area (Å²) < 4.78 is 0. The van der Waals surface area contributed by atoms with Gasteiger partial charge in [-0.1, -0.05) is 80.6 Å². The highest BCUT2D eigenvalue weighted by atomic mass is 16.2. The van der Waals surface area contributed by atoms with Crippen LogP contribution in [0, 0.1) is 0 Å². The first-order valence-electron chi connectivity index (χ1n) is 19.6. The van der Waals surface area contributed by atoms with E-state index < -0.39 is 0 Å². The number of hydrogen-bond acceptors (Lipinski definition) is 8. The number of anilines is 4. The molecule has 0 aliphatic carbocycles. The number of hydrazone groups is 2. The van der Waals surface area contributed by atoms with Crippen molar-refractivity contribution >= 4 is 52.3 Å². The number of nitrogens with zero attached hydrogens (tertiary/aromatic N) is 8. The van der Waals surface area contributed by atoms with E-state index in [1.807, 2.05) is 123 Å². The standard InChI is InChI=1S/C25H28N4O.C22H26N4O/c1-6-28-21-15-11-10-14-20(21)25(2,3)22(28)17-16-19-23(27(4)5)26-29(24(19)30)18-12-8-7-9-13-18;1-5-25(6-2)18-14-12-17(13-15-18)16-20-21(24(3)4)23-26(22(20)27)19-10-8-7-9-11-19/h7-17H,6H2,1-5H3;7-16H,5-6H2,1-4H3/b19-16+,22-17-;20-16-. The molecule has 0 atom stereocenters. The topological polar surface area (TPSA) is 78.3 Å². The number of amides is 2. The van der Waals surface area contributed by atoms with Gasteiger partial charge in [-0.05, 0) is 92.6 Å². The van der Waals surface area contributed by atoms with Crippen molar-refractivity contribution in [3.63, 3.8) is 0 Å². The van der Waals surface area contributed by atoms with Gasteiger partial charge in [-0.2, -0.15) is 10.0 Å². The quantitative estimate of drug-likeness (QED) is 0.168. The van der Waals surface area contributed by atoms with Gasteiger partial charge in [-0.3, -0.25) is 9.59 Å². The summed E-state index contributed by atoms with van der Waals surface area (Å²) in [4.78, 5) is 34.6. The maximum absolute atomic E-state index is 13.2. The minimum Gasteiger partial charge on any atom is -0.372 e. The molecule has 294 valence electrons. The van der Waals surface area contributed by atoms with Crippen LogP contribution in [0.2, 0.25) is 0 Å². The maximum atomic E-state index is 13.2. The van der Waals surface area contributed by atoms with Crippen LogP contribution in [0.1, 0.15) is 45.7 Å². The number of likely N-dealkylation sites (N-methyl/N-ethyl adjacent to an activating group) is 3. The number of rotatable bonds is 8. The molecule has 0 saturated heterocycles. The van der Waals surface area contributed by atoms with Crippen molar-refractivity contribution in [1.82, 2.24) is 9.80 Å². The number of fused-ring (bicyclic) bond motifs is 1. The van der Waals surface area contributed by atoms with E-state index in [9.17, 15) is 9.59 Å². The molecule has 0 spiro atoms. The van der Waals surface area contributed by atoms with E-state index in [0.29, 0.717) is 22.8 Å². The highest BCUT2D eigenvalue weighted by molar-refractivity contribution is 6.32. The molecule has 0 unspecified atom stereocenters. The molecule has 0 aromatic heterocycles. The molecule has 10 nitrogen and oxygen atoms in total. The molecule has 3 aliphatic rings. The third kappa shape index (κ3) is 8.12. The second-order valence-corrected chi connectivity index (χ2v) is 14.9. The molecule has 0 bridgehead atoms. The van der Waals surface area contributed by atoms with Crippen LogP contribution in [0.25, 0.3) is 6.08 Å². The summed E-state index contributed by atoms with van der Waals surface area (Å²) in [6.45, 7) is 13.7. The number of carbonyl (C=O) groups excluding carboxylic acids is 2. The SMILES string of the molecule is CCN(CC)c1ccc(/C=C2\C(=O)N(c3ccccc3)N=C2N(C)C)cc1.CCN1/C(=C\C=C2\C(=O)N(c3ccccc3)N=C2N(C)C)C(C)(C)c2ccccc21. The van der Waals surface area contributed by atoms with E-state index in [4.69, 9.17) is 0 Å². The van der Waals surface area contributed by atoms with Crippen molar-refractivity contribution in [2.24, 2.45) is 10.2 Å². The van der Waals surface area contributed by atoms with Crippen molar-refractivity contribution in [2.45, 2.75) is 40.0 Å². The van der Waals surface area contributed by atoms with E-state index in [1.165, 1.54) is 32.7 Å². The lowest BCUT2D eigenvalue weighted by atomic mass is 9.83. The van der Waals surface area contributed by atoms with Crippen LogP contribution in [-0.4, -0.2) is 81.1 Å². The van der Waals surface area contributed by atoms with E-state index in [-0.39, 0.29) is 17.2 Å². The van der Waals surface area contributed by atoms with Crippen LogP contribution < -0.4 is 19.8 Å². The van der Waals surface area contributed by atoms with Gasteiger partial charge in [0.15, 0.2) is 11.7 Å². The van der Waals surface area contributed by atoms with Gasteiger partial charge >= 0.3 is 0 Å². The van der Waals surface area contributed by atoms with Crippen LogP contribution in [0.4, 0.5) is 22.7 Å². The van der Waals surface area contributed by atoms with Gasteiger partial charge in [0, 0.05) is 70.3 Å². The first-order valence-corrected chi connectivity index (χ1v) is 19.6. The van der Waals surface area contributed by atoms with Crippen molar-refractivity contribution in [2.75, 3.05) is 67.6 Å². The number of hydrogen-bond donors (Lipinski definition) is 0. The van der Waals surface area contributed by atoms with Crippen molar-refractivity contribution in [1.29, 1.82) is 0 Å². The Morgan fingerprint density at radius 3 is 1.61 bits per heavy atom. The fourth-order valence-electron chi connectivity index (χ4n) is 7.41. The zero-order valence-electron chi connectivity index (χ0n) is 34.6. The number of allylic oxidation sites excluding steroid dienone is 3. The zero-order valence-corrected chi connectivity index (χ0v) is 34.6. The van der Waals surface area contributed by atoms with E-state index >= 15 is 0 Å². The predicted octanol–water partition coefficient (Wildman–Crippen LogP) is 8.37. The molecule has 0 radical (unpaired) electrons. The molecule has 3 aliphatic heterocycles. The van der Waals surface area contributed by atoms with Crippen LogP contribution in [-0.2, 0) is 15.0 Å². The number of amidine groups is 2. The summed E-state index contributed by atoms with van der Waals surface area (Å²) in [5, 5.41) is 12.1. The normalized spacial score (nSPS) is 17.8. The second kappa shape index (κ2) is 17.2. The van der Waals surface area contributed by atoms with Crippen LogP contribution in [0.5, 0.6) is 0 Å². The van der Waals surface area contributed by atoms with Gasteiger partial charge in [0.25, 0.3) is 11.8 Å². The lowest BCUT2D eigenvalue weighted by Gasteiger charge is -2.26. The molecular formula is C47H54N8O2. The largest absolute Gasteiger partial charge is 0.372 e. The summed E-state index contributed by atoms with van der Waals surface area (Å²) in [5.41, 5.74) is 8.48. The first kappa shape index (κ1) is 40.2. The van der Waals surface area contributed by atoms with Crippen LogP contribution in [0.3, 0.4) is 0 Å². The Balaban J connectivity index is 0.000000194. The van der Waals surface area contributed by atoms with Crippen LogP contribution in [0.15, 0.2) is 148 Å². The first-order chi connectivity index (χ1) is 27.4. The smallest absolute Gasteiger partial charge is 0.282 e. The second-order valence-electron chi connectivity index (χ2n) is 14.9. The Morgan fingerprint density at radius 1 is 0.614 bits per heavy atom. The minimum atomic E-state index is -0.139. The van der Waals surface area contributed by atoms with Gasteiger partial charge in [0.05, 0.1) is 22.5 Å². The number of carbonyl (C=O) groups is 2. The molecule has 4 aromatic carbocycles. The van der Waals surface area contributed by atoms with Gasteiger partial charge in [0.2, 0.25) is 0 Å². The van der Waals surface area contributed by atoms with Crippen LogP contribution >= 0.6 is 0 Å². The average molecular weight is 763 g/mol. The molecule has 7 rings (SSSR count). The third-order valence-corrected chi connectivity index (χ3v) is 10.4. The maximum Gasteiger partial charge on any atom is 0.282 e. The summed E-state index contributed by atoms with van der Waals surface area (Å²) in [6, 6.07) is 35.9. The predicted molar refractivity (Wildman–Crippen MR) is 237 cm³/mol. The van der Waals surface area contributed by atoms with Gasteiger partial charge in [-0.25, -0.2) is 0 Å². The summed E-state index contributed by atoms with van der Waals surface area (Å²) in [6.07, 6.45) is 5.93. The van der Waals surface area contributed by atoms with E-state index in [1.54, 1.807) is 0 Å². The van der Waals surface area contributed by atoms with E-state index in [2.05, 4.69) is 97.1 Å². The van der Waals surface area contributed by atoms with Gasteiger partial charge in [-0.15, -0.1) is 10.2 Å². The van der Waals surface area contributed by atoms with Gasteiger partial charge in [0.1, 0.15) is 0 Å². The lowest BCUT2D eigenvalue weighted by Crippen LogP contribution is -2.27. The summed E-state index contributed by atoms with van der Waals surface area (Å²) >= 11 is 0. The summed E-state index contributed by atoms with van der Waals surface area (Å²) in [7, 11) is 7.63. The van der Waals surface area contributed by atoms with Gasteiger partial charge < -0.3 is 19.6 Å². The molecule has 0 N–H and O–H groups in total. The number of benzene rings is 4. The Kier molecular flexibility index (Phi) is 12.1. The summed E-state index contributed by atoms with van der Waals surface area (Å²) in [5.74, 6) is 1.10. The zero-order chi connectivity index (χ0) is 40.9. The molecule has 0 fully saturated rings. The van der Waals surface area contributed by atoms with Crippen molar-refractivity contribution < 1.29 is 9.59 Å². The lowest BCUT2D eigenvalue weighted by molar-refractivity contribution is -0.115. The molecule has 57 heavy (non-hydrogen) atoms. The molecule has 4 aromatic rings. The third-order valence-electron chi connectivity index (χ3n) is 10.4. The highest BCUT2D eigenvalue weighted by Gasteiger charge is 2.39. The van der Waals surface area contributed by atoms with E-state index in [0.717, 1.165) is 36.6 Å². The fraction of sp³-hybridized carbons (Fsp3) is 0.277. The minimum absolute atomic E-state index is 0.113. The number of para-hydroxylation sites is 3. The monoisotopic (exact) mass is 762 g/mol. The van der Waals surface area contributed by atoms with Crippen molar-refractivity contribution in [3.05, 3.63) is 149 Å². The fourth-order valence-corrected chi connectivity index (χ4v) is 7.41. The Bertz CT molecular complexity index is 2230. The molecule has 0 saturated carbocycles. The Morgan fingerprint density at radius 2 is 1.11 bits per heavy atom. The van der Waals surface area contributed by atoms with Crippen molar-refractivity contribution in [3.8, 4) is 0 Å². The Labute approximate surface area is 338 Å². The molecular weight excluding hydrogens is 709 g/mol.